The van der Waals surface area contributed by atoms with Crippen LogP contribution in [0.3, 0.4) is 0 Å². The van der Waals surface area contributed by atoms with Crippen molar-refractivity contribution in [2.75, 3.05) is 26.1 Å². The number of carbonyl (C=O) groups is 1. The van der Waals surface area contributed by atoms with Gasteiger partial charge in [0.05, 0.1) is 31.4 Å². The minimum atomic E-state index is -4.02. The number of ether oxygens (including phenoxy) is 3. The zero-order chi connectivity index (χ0) is 25.4. The van der Waals surface area contributed by atoms with Crippen molar-refractivity contribution in [3.63, 3.8) is 0 Å². The molecule has 1 atom stereocenters. The molecule has 0 aliphatic heterocycles. The number of nitrogens with one attached hydrogen (secondary N) is 2. The summed E-state index contributed by atoms with van der Waals surface area (Å²) in [6.07, 6.45) is 0.147. The average Bonchev–Trinajstić information content (AvgIpc) is 2.85. The first-order chi connectivity index (χ1) is 16.8. The molecular formula is C26H30N2O6S. The fraction of sp³-hybridized carbons (Fsp3) is 0.269. The van der Waals surface area contributed by atoms with Crippen LogP contribution in [0.5, 0.6) is 17.2 Å². The fourth-order valence-corrected chi connectivity index (χ4v) is 4.81. The van der Waals surface area contributed by atoms with Gasteiger partial charge in [0.1, 0.15) is 23.3 Å². The van der Waals surface area contributed by atoms with Crippen LogP contribution in [0, 0.1) is 6.92 Å². The van der Waals surface area contributed by atoms with Gasteiger partial charge in [-0.25, -0.2) is 8.42 Å². The summed E-state index contributed by atoms with van der Waals surface area (Å²) in [6, 6.07) is 17.7. The molecule has 2 N–H and O–H groups in total. The Balaban J connectivity index is 1.91. The van der Waals surface area contributed by atoms with Crippen LogP contribution in [0.4, 0.5) is 5.69 Å². The minimum absolute atomic E-state index is 0.0447. The minimum Gasteiger partial charge on any atom is -0.497 e. The highest BCUT2D eigenvalue weighted by Gasteiger charge is 2.27. The van der Waals surface area contributed by atoms with E-state index < -0.39 is 22.0 Å². The van der Waals surface area contributed by atoms with E-state index in [0.717, 1.165) is 5.56 Å². The van der Waals surface area contributed by atoms with E-state index in [9.17, 15) is 13.2 Å². The standard InChI is InChI=1S/C26H30N2O6S/c1-5-34-24-14-12-21(15-18(24)2)35(30,31)28-23(16-19-9-7-6-8-10-19)26(29)27-22-17-20(32-3)11-13-25(22)33-4/h6-15,17,23,28H,5,16H2,1-4H3,(H,27,29). The summed E-state index contributed by atoms with van der Waals surface area (Å²) < 4.78 is 45.2. The highest BCUT2D eigenvalue weighted by atomic mass is 32.2. The topological polar surface area (TPSA) is 103 Å². The number of rotatable bonds is 11. The van der Waals surface area contributed by atoms with E-state index in [4.69, 9.17) is 14.2 Å². The van der Waals surface area contributed by atoms with E-state index in [1.54, 1.807) is 31.2 Å². The second-order valence-electron chi connectivity index (χ2n) is 7.78. The Bertz CT molecular complexity index is 1260. The molecule has 1 unspecified atom stereocenters. The molecule has 0 aliphatic carbocycles. The van der Waals surface area contributed by atoms with E-state index in [-0.39, 0.29) is 11.3 Å². The molecule has 0 aromatic heterocycles. The van der Waals surface area contributed by atoms with Crippen molar-refractivity contribution in [2.45, 2.75) is 31.2 Å². The number of anilines is 1. The molecule has 3 rings (SSSR count). The maximum atomic E-state index is 13.3. The molecule has 3 aromatic carbocycles. The monoisotopic (exact) mass is 498 g/mol. The summed E-state index contributed by atoms with van der Waals surface area (Å²) in [5, 5.41) is 2.78. The summed E-state index contributed by atoms with van der Waals surface area (Å²) in [5.74, 6) is 1.01. The maximum Gasteiger partial charge on any atom is 0.243 e. The molecule has 0 fully saturated rings. The SMILES string of the molecule is CCOc1ccc(S(=O)(=O)NC(Cc2ccccc2)C(=O)Nc2cc(OC)ccc2OC)cc1C. The number of amides is 1. The van der Waals surface area contributed by atoms with E-state index in [1.165, 1.54) is 26.4 Å². The lowest BCUT2D eigenvalue weighted by molar-refractivity contribution is -0.117. The average molecular weight is 499 g/mol. The number of methoxy groups -OCH3 is 2. The number of aryl methyl sites for hydroxylation is 1. The van der Waals surface area contributed by atoms with E-state index in [2.05, 4.69) is 10.0 Å². The molecule has 0 saturated carbocycles. The zero-order valence-electron chi connectivity index (χ0n) is 20.2. The Kier molecular flexibility index (Phi) is 8.73. The smallest absolute Gasteiger partial charge is 0.243 e. The van der Waals surface area contributed by atoms with Gasteiger partial charge >= 0.3 is 0 Å². The molecule has 0 aliphatic rings. The first kappa shape index (κ1) is 26.1. The lowest BCUT2D eigenvalue weighted by Crippen LogP contribution is -2.45. The van der Waals surface area contributed by atoms with E-state index in [1.807, 2.05) is 37.3 Å². The normalized spacial score (nSPS) is 12.0. The van der Waals surface area contributed by atoms with Gasteiger partial charge in [-0.2, -0.15) is 4.72 Å². The Morgan fingerprint density at radius 3 is 2.29 bits per heavy atom. The van der Waals surface area contributed by atoms with Gasteiger partial charge in [-0.1, -0.05) is 30.3 Å². The van der Waals surface area contributed by atoms with Crippen LogP contribution >= 0.6 is 0 Å². The van der Waals surface area contributed by atoms with Crippen molar-refractivity contribution >= 4 is 21.6 Å². The van der Waals surface area contributed by atoms with Crippen molar-refractivity contribution in [3.8, 4) is 17.2 Å². The second-order valence-corrected chi connectivity index (χ2v) is 9.49. The molecule has 3 aromatic rings. The van der Waals surface area contributed by atoms with E-state index in [0.29, 0.717) is 35.1 Å². The van der Waals surface area contributed by atoms with Gasteiger partial charge in [0.25, 0.3) is 0 Å². The predicted octanol–water partition coefficient (Wildman–Crippen LogP) is 3.94. The molecule has 8 nitrogen and oxygen atoms in total. The molecule has 1 amide bonds. The highest BCUT2D eigenvalue weighted by Crippen LogP contribution is 2.29. The lowest BCUT2D eigenvalue weighted by Gasteiger charge is -2.20. The Hall–Kier alpha value is -3.56. The quantitative estimate of drug-likeness (QED) is 0.415. The van der Waals surface area contributed by atoms with Crippen molar-refractivity contribution in [2.24, 2.45) is 0 Å². The van der Waals surface area contributed by atoms with Gasteiger partial charge in [0.2, 0.25) is 15.9 Å². The van der Waals surface area contributed by atoms with Gasteiger partial charge in [-0.3, -0.25) is 4.79 Å². The Morgan fingerprint density at radius 2 is 1.66 bits per heavy atom. The number of carbonyl (C=O) groups excluding carboxylic acids is 1. The molecule has 0 spiro atoms. The summed E-state index contributed by atoms with van der Waals surface area (Å²) in [6.45, 7) is 4.10. The predicted molar refractivity (Wildman–Crippen MR) is 135 cm³/mol. The largest absolute Gasteiger partial charge is 0.497 e. The molecule has 9 heteroatoms. The molecule has 0 radical (unpaired) electrons. The third-order valence-corrected chi connectivity index (χ3v) is 6.79. The van der Waals surface area contributed by atoms with Crippen molar-refractivity contribution in [1.82, 2.24) is 4.72 Å². The van der Waals surface area contributed by atoms with E-state index >= 15 is 0 Å². The van der Waals surface area contributed by atoms with Crippen LogP contribution in [0.25, 0.3) is 0 Å². The van der Waals surface area contributed by atoms with Gasteiger partial charge < -0.3 is 19.5 Å². The maximum absolute atomic E-state index is 13.3. The number of benzene rings is 3. The lowest BCUT2D eigenvalue weighted by atomic mass is 10.1. The summed E-state index contributed by atoms with van der Waals surface area (Å²) in [4.78, 5) is 13.4. The van der Waals surface area contributed by atoms with Gasteiger partial charge in [0.15, 0.2) is 0 Å². The Morgan fingerprint density at radius 1 is 0.943 bits per heavy atom. The van der Waals surface area contributed by atoms with Gasteiger partial charge in [-0.05, 0) is 61.7 Å². The molecule has 0 bridgehead atoms. The van der Waals surface area contributed by atoms with Crippen molar-refractivity contribution < 1.29 is 27.4 Å². The van der Waals surface area contributed by atoms with Crippen LogP contribution in [-0.4, -0.2) is 41.2 Å². The molecular weight excluding hydrogens is 468 g/mol. The van der Waals surface area contributed by atoms with Crippen LogP contribution < -0.4 is 24.2 Å². The first-order valence-electron chi connectivity index (χ1n) is 11.1. The Labute approximate surface area is 206 Å². The first-order valence-corrected chi connectivity index (χ1v) is 12.6. The highest BCUT2D eigenvalue weighted by molar-refractivity contribution is 7.89. The number of hydrogen-bond acceptors (Lipinski definition) is 6. The van der Waals surface area contributed by atoms with Gasteiger partial charge in [-0.15, -0.1) is 0 Å². The summed E-state index contributed by atoms with van der Waals surface area (Å²) in [7, 11) is -1.03. The van der Waals surface area contributed by atoms with Crippen molar-refractivity contribution in [1.29, 1.82) is 0 Å². The molecule has 0 heterocycles. The van der Waals surface area contributed by atoms with Crippen LogP contribution in [0.2, 0.25) is 0 Å². The van der Waals surface area contributed by atoms with Gasteiger partial charge in [0, 0.05) is 6.07 Å². The molecule has 186 valence electrons. The summed E-state index contributed by atoms with van der Waals surface area (Å²) >= 11 is 0. The molecule has 0 saturated heterocycles. The summed E-state index contributed by atoms with van der Waals surface area (Å²) in [5.41, 5.74) is 1.85. The number of hydrogen-bond donors (Lipinski definition) is 2. The third-order valence-electron chi connectivity index (χ3n) is 5.32. The third kappa shape index (κ3) is 6.74. The fourth-order valence-electron chi connectivity index (χ4n) is 3.53. The van der Waals surface area contributed by atoms with Crippen LogP contribution in [0.1, 0.15) is 18.1 Å². The number of sulfonamides is 1. The molecule has 35 heavy (non-hydrogen) atoms. The van der Waals surface area contributed by atoms with Crippen LogP contribution in [0.15, 0.2) is 71.6 Å². The second kappa shape index (κ2) is 11.7. The zero-order valence-corrected chi connectivity index (χ0v) is 21.0. The van der Waals surface area contributed by atoms with Crippen LogP contribution in [-0.2, 0) is 21.2 Å². The van der Waals surface area contributed by atoms with Crippen molar-refractivity contribution in [3.05, 3.63) is 77.9 Å².